The van der Waals surface area contributed by atoms with Gasteiger partial charge in [-0.05, 0) is 61.0 Å². The minimum atomic E-state index is -0.603. The molecule has 2 aromatic rings. The quantitative estimate of drug-likeness (QED) is 0.239. The molecule has 2 N–H and O–H groups in total. The van der Waals surface area contributed by atoms with Crippen molar-refractivity contribution >= 4 is 29.5 Å². The van der Waals surface area contributed by atoms with E-state index in [-0.39, 0.29) is 17.6 Å². The number of thiocarbonyl (C=S) groups is 1. The van der Waals surface area contributed by atoms with Crippen molar-refractivity contribution in [2.24, 2.45) is 5.10 Å². The lowest BCUT2D eigenvalue weighted by Crippen LogP contribution is -2.37. The van der Waals surface area contributed by atoms with Crippen LogP contribution in [0, 0.1) is 0 Å². The van der Waals surface area contributed by atoms with Crippen molar-refractivity contribution in [2.75, 3.05) is 20.3 Å². The summed E-state index contributed by atoms with van der Waals surface area (Å²) in [6, 6.07) is 8.19. The van der Waals surface area contributed by atoms with Crippen LogP contribution in [0.1, 0.15) is 29.0 Å². The minimum absolute atomic E-state index is 0.112. The van der Waals surface area contributed by atoms with Gasteiger partial charge in [0.15, 0.2) is 16.6 Å². The average Bonchev–Trinajstić information content (AvgIpc) is 3.41. The maximum Gasteiger partial charge on any atom is 0.379 e. The lowest BCUT2D eigenvalue weighted by atomic mass is 10.2. The van der Waals surface area contributed by atoms with Gasteiger partial charge in [0.1, 0.15) is 0 Å². The van der Waals surface area contributed by atoms with Crippen LogP contribution in [-0.2, 0) is 4.74 Å². The molecule has 8 nitrogen and oxygen atoms in total. The van der Waals surface area contributed by atoms with E-state index >= 15 is 0 Å². The molecule has 1 saturated heterocycles. The van der Waals surface area contributed by atoms with Crippen LogP contribution in [0.2, 0.25) is 0 Å². The standard InChI is InChI=1S/C19H21N3O5S/c1-24-17-10-13(6-7-15(17)27-18(23)16-5-3-9-26-16)11-21-22-19(28)20-12-14-4-2-8-25-14/h3,5-7,9-11,14H,2,4,8,12H2,1H3,(H2,20,22,28). The summed E-state index contributed by atoms with van der Waals surface area (Å²) >= 11 is 5.18. The molecule has 28 heavy (non-hydrogen) atoms. The Labute approximate surface area is 167 Å². The zero-order chi connectivity index (χ0) is 19.8. The molecule has 0 saturated carbocycles. The second-order valence-electron chi connectivity index (χ2n) is 5.99. The third kappa shape index (κ3) is 5.54. The zero-order valence-corrected chi connectivity index (χ0v) is 16.2. The van der Waals surface area contributed by atoms with E-state index in [1.807, 2.05) is 0 Å². The Balaban J connectivity index is 1.53. The Hall–Kier alpha value is -2.91. The average molecular weight is 403 g/mol. The summed E-state index contributed by atoms with van der Waals surface area (Å²) in [4.78, 5) is 12.0. The summed E-state index contributed by atoms with van der Waals surface area (Å²) in [5.41, 5.74) is 3.49. The molecule has 1 aromatic carbocycles. The first-order valence-electron chi connectivity index (χ1n) is 8.78. The van der Waals surface area contributed by atoms with Crippen molar-refractivity contribution in [3.8, 4) is 11.5 Å². The van der Waals surface area contributed by atoms with Gasteiger partial charge in [0, 0.05) is 13.2 Å². The maximum atomic E-state index is 12.0. The monoisotopic (exact) mass is 403 g/mol. The molecule has 1 atom stereocenters. The molecule has 0 bridgehead atoms. The number of nitrogens with one attached hydrogen (secondary N) is 2. The molecule has 3 rings (SSSR count). The Kier molecular flexibility index (Phi) is 6.99. The van der Waals surface area contributed by atoms with Crippen molar-refractivity contribution < 1.29 is 23.4 Å². The lowest BCUT2D eigenvalue weighted by Gasteiger charge is -2.11. The van der Waals surface area contributed by atoms with Crippen molar-refractivity contribution in [3.63, 3.8) is 0 Å². The summed E-state index contributed by atoms with van der Waals surface area (Å²) in [6.07, 6.45) is 5.31. The van der Waals surface area contributed by atoms with E-state index in [0.29, 0.717) is 17.4 Å². The molecule has 2 heterocycles. The first-order valence-corrected chi connectivity index (χ1v) is 9.19. The molecule has 0 spiro atoms. The number of carbonyl (C=O) groups is 1. The Morgan fingerprint density at radius 1 is 1.39 bits per heavy atom. The highest BCUT2D eigenvalue weighted by molar-refractivity contribution is 7.80. The van der Waals surface area contributed by atoms with Crippen LogP contribution in [0.25, 0.3) is 0 Å². The second kappa shape index (κ2) is 9.86. The van der Waals surface area contributed by atoms with Crippen LogP contribution in [-0.4, -0.2) is 43.7 Å². The predicted octanol–water partition coefficient (Wildman–Crippen LogP) is 2.48. The second-order valence-corrected chi connectivity index (χ2v) is 6.40. The number of methoxy groups -OCH3 is 1. The molecule has 0 amide bonds. The van der Waals surface area contributed by atoms with E-state index < -0.39 is 5.97 Å². The van der Waals surface area contributed by atoms with E-state index in [4.69, 9.17) is 30.8 Å². The van der Waals surface area contributed by atoms with Gasteiger partial charge in [0.2, 0.25) is 5.76 Å². The number of nitrogens with zero attached hydrogens (tertiary/aromatic N) is 1. The molecule has 1 aliphatic rings. The van der Waals surface area contributed by atoms with E-state index in [0.717, 1.165) is 25.0 Å². The smallest absolute Gasteiger partial charge is 0.379 e. The van der Waals surface area contributed by atoms with E-state index in [2.05, 4.69) is 15.8 Å². The van der Waals surface area contributed by atoms with Gasteiger partial charge in [-0.2, -0.15) is 5.10 Å². The summed E-state index contributed by atoms with van der Waals surface area (Å²) in [5, 5.41) is 7.58. The van der Waals surface area contributed by atoms with Gasteiger partial charge >= 0.3 is 5.97 Å². The summed E-state index contributed by atoms with van der Waals surface area (Å²) < 4.78 is 21.1. The van der Waals surface area contributed by atoms with E-state index in [1.165, 1.54) is 19.4 Å². The Bertz CT molecular complexity index is 832. The third-order valence-corrected chi connectivity index (χ3v) is 4.24. The van der Waals surface area contributed by atoms with Crippen molar-refractivity contribution in [1.29, 1.82) is 0 Å². The molecule has 1 aromatic heterocycles. The summed E-state index contributed by atoms with van der Waals surface area (Å²) in [6.45, 7) is 1.46. The highest BCUT2D eigenvalue weighted by Crippen LogP contribution is 2.28. The number of carbonyl (C=O) groups excluding carboxylic acids is 1. The molecule has 1 unspecified atom stereocenters. The number of ether oxygens (including phenoxy) is 3. The number of furan rings is 1. The fraction of sp³-hybridized carbons (Fsp3) is 0.316. The van der Waals surface area contributed by atoms with Gasteiger partial charge in [0.05, 0.1) is 25.7 Å². The molecule has 9 heteroatoms. The summed E-state index contributed by atoms with van der Waals surface area (Å²) in [7, 11) is 1.49. The van der Waals surface area contributed by atoms with Crippen LogP contribution in [0.15, 0.2) is 46.1 Å². The highest BCUT2D eigenvalue weighted by atomic mass is 32.1. The first-order chi connectivity index (χ1) is 13.7. The van der Waals surface area contributed by atoms with Gasteiger partial charge in [-0.3, -0.25) is 5.43 Å². The van der Waals surface area contributed by atoms with Crippen LogP contribution >= 0.6 is 12.2 Å². The molecule has 148 valence electrons. The largest absolute Gasteiger partial charge is 0.493 e. The number of hydrogen-bond donors (Lipinski definition) is 2. The Morgan fingerprint density at radius 3 is 3.00 bits per heavy atom. The number of hydrazone groups is 1. The topological polar surface area (TPSA) is 94.3 Å². The predicted molar refractivity (Wildman–Crippen MR) is 107 cm³/mol. The van der Waals surface area contributed by atoms with Gasteiger partial charge in [-0.1, -0.05) is 0 Å². The highest BCUT2D eigenvalue weighted by Gasteiger charge is 2.16. The normalized spacial score (nSPS) is 16.1. The number of hydrogen-bond acceptors (Lipinski definition) is 7. The molecular formula is C19H21N3O5S. The molecular weight excluding hydrogens is 382 g/mol. The van der Waals surface area contributed by atoms with E-state index in [9.17, 15) is 4.79 Å². The lowest BCUT2D eigenvalue weighted by molar-refractivity contribution is 0.0696. The van der Waals surface area contributed by atoms with Crippen molar-refractivity contribution in [3.05, 3.63) is 47.9 Å². The fourth-order valence-corrected chi connectivity index (χ4v) is 2.75. The van der Waals surface area contributed by atoms with Crippen LogP contribution in [0.5, 0.6) is 11.5 Å². The Morgan fingerprint density at radius 2 is 2.29 bits per heavy atom. The van der Waals surface area contributed by atoms with Gasteiger partial charge in [-0.15, -0.1) is 0 Å². The number of esters is 1. The molecule has 1 fully saturated rings. The third-order valence-electron chi connectivity index (χ3n) is 4.01. The van der Waals surface area contributed by atoms with Gasteiger partial charge < -0.3 is 23.9 Å². The first kappa shape index (κ1) is 19.8. The molecule has 1 aliphatic heterocycles. The SMILES string of the molecule is COc1cc(C=NNC(=S)NCC2CCCO2)ccc1OC(=O)c1ccco1. The van der Waals surface area contributed by atoms with E-state index in [1.54, 1.807) is 30.5 Å². The molecule has 0 radical (unpaired) electrons. The fourth-order valence-electron chi connectivity index (χ4n) is 2.61. The van der Waals surface area contributed by atoms with Crippen LogP contribution in [0.4, 0.5) is 0 Å². The number of rotatable bonds is 7. The number of benzene rings is 1. The zero-order valence-electron chi connectivity index (χ0n) is 15.3. The molecule has 0 aliphatic carbocycles. The maximum absolute atomic E-state index is 12.0. The summed E-state index contributed by atoms with van der Waals surface area (Å²) in [5.74, 6) is 0.181. The van der Waals surface area contributed by atoms with Crippen LogP contribution < -0.4 is 20.2 Å². The van der Waals surface area contributed by atoms with Gasteiger partial charge in [0.25, 0.3) is 0 Å². The van der Waals surface area contributed by atoms with Crippen molar-refractivity contribution in [1.82, 2.24) is 10.7 Å². The van der Waals surface area contributed by atoms with Crippen molar-refractivity contribution in [2.45, 2.75) is 18.9 Å². The van der Waals surface area contributed by atoms with Crippen LogP contribution in [0.3, 0.4) is 0 Å². The minimum Gasteiger partial charge on any atom is -0.493 e. The van der Waals surface area contributed by atoms with Gasteiger partial charge in [-0.25, -0.2) is 4.79 Å².